The van der Waals surface area contributed by atoms with E-state index in [-0.39, 0.29) is 5.56 Å². The van der Waals surface area contributed by atoms with Gasteiger partial charge in [-0.1, -0.05) is 79.5 Å². The van der Waals surface area contributed by atoms with Crippen molar-refractivity contribution in [3.05, 3.63) is 101 Å². The lowest BCUT2D eigenvalue weighted by molar-refractivity contribution is 0.0175. The van der Waals surface area contributed by atoms with Gasteiger partial charge in [-0.25, -0.2) is 8.78 Å². The van der Waals surface area contributed by atoms with E-state index in [0.29, 0.717) is 16.8 Å². The Bertz CT molecular complexity index is 840. The summed E-state index contributed by atoms with van der Waals surface area (Å²) in [5.41, 5.74) is 3.53. The molecule has 140 valence electrons. The van der Waals surface area contributed by atoms with Crippen LogP contribution in [0.2, 0.25) is 0 Å². The Kier molecular flexibility index (Phi) is 8.16. The summed E-state index contributed by atoms with van der Waals surface area (Å²) in [5.74, 6) is -2.83. The first-order valence-corrected chi connectivity index (χ1v) is 8.38. The van der Waals surface area contributed by atoms with Crippen LogP contribution in [0.4, 0.5) is 8.78 Å². The average Bonchev–Trinajstić information content (AvgIpc) is 2.63. The number of halogens is 2. The van der Waals surface area contributed by atoms with E-state index >= 15 is 0 Å². The number of benzene rings is 1. The number of hydrogen-bond donors (Lipinski definition) is 1. The van der Waals surface area contributed by atoms with Crippen molar-refractivity contribution >= 4 is 6.08 Å². The molecule has 4 heteroatoms. The molecule has 0 saturated carbocycles. The molecule has 0 saturated heterocycles. The zero-order valence-corrected chi connectivity index (χ0v) is 15.9. The van der Waals surface area contributed by atoms with E-state index in [9.17, 15) is 8.78 Å². The van der Waals surface area contributed by atoms with Crippen LogP contribution in [0.15, 0.2) is 90.2 Å². The maximum absolute atomic E-state index is 13.2. The molecule has 0 aliphatic heterocycles. The molecule has 0 fully saturated rings. The fraction of sp³-hybridized carbons (Fsp3) is 0.174. The minimum absolute atomic E-state index is 0.00209. The number of nitriles is 1. The summed E-state index contributed by atoms with van der Waals surface area (Å²) in [4.78, 5) is 0. The van der Waals surface area contributed by atoms with Crippen LogP contribution in [0.5, 0.6) is 0 Å². The van der Waals surface area contributed by atoms with Crippen LogP contribution in [-0.4, -0.2) is 7.05 Å². The largest absolute Gasteiger partial charge is 0.379 e. The summed E-state index contributed by atoms with van der Waals surface area (Å²) in [5, 5.41) is 11.9. The molecule has 0 bridgehead atoms. The van der Waals surface area contributed by atoms with Gasteiger partial charge in [-0.2, -0.15) is 5.26 Å². The highest BCUT2D eigenvalue weighted by atomic mass is 19.3. The fourth-order valence-electron chi connectivity index (χ4n) is 2.22. The van der Waals surface area contributed by atoms with Gasteiger partial charge in [0, 0.05) is 25.1 Å². The monoisotopic (exact) mass is 366 g/mol. The molecule has 2 nitrogen and oxygen atoms in total. The molecule has 0 aliphatic rings. The van der Waals surface area contributed by atoms with Gasteiger partial charge < -0.3 is 5.32 Å². The Labute approximate surface area is 160 Å². The van der Waals surface area contributed by atoms with Crippen molar-refractivity contribution in [2.24, 2.45) is 0 Å². The van der Waals surface area contributed by atoms with Crippen LogP contribution < -0.4 is 5.32 Å². The van der Waals surface area contributed by atoms with E-state index in [4.69, 9.17) is 5.26 Å². The van der Waals surface area contributed by atoms with Gasteiger partial charge in [-0.3, -0.25) is 0 Å². The zero-order chi connectivity index (χ0) is 20.4. The number of alkyl halides is 2. The maximum Gasteiger partial charge on any atom is 0.270 e. The first-order valence-electron chi connectivity index (χ1n) is 8.38. The van der Waals surface area contributed by atoms with Gasteiger partial charge in [-0.05, 0) is 18.1 Å². The SMILES string of the molecule is C=C/C(C(=C)\C=C/C=C(C)/C=C/c1ccc(C(C)(F)F)cc1)=C(/C#N)NC. The van der Waals surface area contributed by atoms with Crippen molar-refractivity contribution in [1.29, 1.82) is 5.26 Å². The van der Waals surface area contributed by atoms with Gasteiger partial charge in [0.05, 0.1) is 0 Å². The lowest BCUT2D eigenvalue weighted by atomic mass is 10.0. The average molecular weight is 366 g/mol. The second-order valence-electron chi connectivity index (χ2n) is 5.99. The molecular formula is C23H24F2N2. The third-order valence-electron chi connectivity index (χ3n) is 3.79. The van der Waals surface area contributed by atoms with E-state index in [1.165, 1.54) is 12.1 Å². The van der Waals surface area contributed by atoms with Crippen molar-refractivity contribution in [1.82, 2.24) is 5.32 Å². The number of allylic oxidation sites excluding steroid dienone is 9. The summed E-state index contributed by atoms with van der Waals surface area (Å²) in [6.45, 7) is 10.5. The molecule has 1 aromatic rings. The molecule has 1 N–H and O–H groups in total. The molecule has 0 spiro atoms. The summed E-state index contributed by atoms with van der Waals surface area (Å²) in [6.07, 6.45) is 10.9. The summed E-state index contributed by atoms with van der Waals surface area (Å²) < 4.78 is 26.4. The van der Waals surface area contributed by atoms with E-state index in [0.717, 1.165) is 18.1 Å². The molecule has 0 radical (unpaired) electrons. The Hall–Kier alpha value is -3.19. The van der Waals surface area contributed by atoms with Crippen molar-refractivity contribution in [3.63, 3.8) is 0 Å². The third-order valence-corrected chi connectivity index (χ3v) is 3.79. The predicted molar refractivity (Wildman–Crippen MR) is 109 cm³/mol. The van der Waals surface area contributed by atoms with Gasteiger partial charge in [0.2, 0.25) is 0 Å². The van der Waals surface area contributed by atoms with Crippen LogP contribution in [0.25, 0.3) is 6.08 Å². The molecule has 0 atom stereocenters. The smallest absolute Gasteiger partial charge is 0.270 e. The molecule has 0 amide bonds. The molecule has 0 heterocycles. The maximum atomic E-state index is 13.2. The highest BCUT2D eigenvalue weighted by Gasteiger charge is 2.23. The molecule has 0 unspecified atom stereocenters. The number of hydrogen-bond acceptors (Lipinski definition) is 2. The number of rotatable bonds is 8. The fourth-order valence-corrected chi connectivity index (χ4v) is 2.22. The lowest BCUT2D eigenvalue weighted by Gasteiger charge is -2.09. The zero-order valence-electron chi connectivity index (χ0n) is 15.9. The number of nitrogens with one attached hydrogen (secondary N) is 1. The standard InChI is InChI=1S/C23H24F2N2/c1-6-21(22(16-26)27-5)18(3)9-7-8-17(2)10-11-19-12-14-20(15-13-19)23(4,24)25/h6-15,27H,1,3H2,2,4-5H3/b9-7-,11-10+,17-8+,22-21+. The van der Waals surface area contributed by atoms with E-state index < -0.39 is 5.92 Å². The first-order chi connectivity index (χ1) is 12.7. The van der Waals surface area contributed by atoms with Crippen LogP contribution in [0.1, 0.15) is 25.0 Å². The van der Waals surface area contributed by atoms with E-state index in [1.807, 2.05) is 31.2 Å². The Balaban J connectivity index is 2.83. The minimum atomic E-state index is -2.83. The van der Waals surface area contributed by atoms with Gasteiger partial charge >= 0.3 is 0 Å². The normalized spacial score (nSPS) is 13.4. The molecular weight excluding hydrogens is 342 g/mol. The van der Waals surface area contributed by atoms with Gasteiger partial charge in [-0.15, -0.1) is 0 Å². The quantitative estimate of drug-likeness (QED) is 0.449. The Morgan fingerprint density at radius 3 is 2.33 bits per heavy atom. The van der Waals surface area contributed by atoms with E-state index in [2.05, 4.69) is 24.5 Å². The van der Waals surface area contributed by atoms with Gasteiger partial charge in [0.15, 0.2) is 0 Å². The summed E-state index contributed by atoms with van der Waals surface area (Å²) >= 11 is 0. The highest BCUT2D eigenvalue weighted by molar-refractivity contribution is 5.54. The van der Waals surface area contributed by atoms with Crippen molar-refractivity contribution in [2.45, 2.75) is 19.8 Å². The number of nitrogens with zero attached hydrogens (tertiary/aromatic N) is 1. The highest BCUT2D eigenvalue weighted by Crippen LogP contribution is 2.27. The molecule has 27 heavy (non-hydrogen) atoms. The second-order valence-corrected chi connectivity index (χ2v) is 5.99. The third kappa shape index (κ3) is 6.91. The summed E-state index contributed by atoms with van der Waals surface area (Å²) in [7, 11) is 1.67. The second kappa shape index (κ2) is 10.1. The summed E-state index contributed by atoms with van der Waals surface area (Å²) in [6, 6.07) is 8.25. The Morgan fingerprint density at radius 1 is 1.22 bits per heavy atom. The molecule has 1 aromatic carbocycles. The molecule has 0 aromatic heterocycles. The van der Waals surface area contributed by atoms with Crippen LogP contribution in [0, 0.1) is 11.3 Å². The first kappa shape index (κ1) is 21.9. The lowest BCUT2D eigenvalue weighted by Crippen LogP contribution is -2.07. The molecule has 1 rings (SSSR count). The van der Waals surface area contributed by atoms with Crippen LogP contribution in [-0.2, 0) is 5.92 Å². The van der Waals surface area contributed by atoms with Gasteiger partial charge in [0.25, 0.3) is 5.92 Å². The predicted octanol–water partition coefficient (Wildman–Crippen LogP) is 6.05. The van der Waals surface area contributed by atoms with Crippen LogP contribution in [0.3, 0.4) is 0 Å². The van der Waals surface area contributed by atoms with Crippen LogP contribution >= 0.6 is 0 Å². The van der Waals surface area contributed by atoms with E-state index in [1.54, 1.807) is 31.3 Å². The topological polar surface area (TPSA) is 35.8 Å². The van der Waals surface area contributed by atoms with Gasteiger partial charge in [0.1, 0.15) is 11.8 Å². The minimum Gasteiger partial charge on any atom is -0.379 e. The van der Waals surface area contributed by atoms with Crippen molar-refractivity contribution < 1.29 is 8.78 Å². The Morgan fingerprint density at radius 2 is 1.85 bits per heavy atom. The molecule has 0 aliphatic carbocycles. The van der Waals surface area contributed by atoms with Crippen molar-refractivity contribution in [2.75, 3.05) is 7.05 Å². The van der Waals surface area contributed by atoms with Crippen molar-refractivity contribution in [3.8, 4) is 6.07 Å².